The Kier molecular flexibility index (Phi) is 6.95. The molecule has 0 saturated carbocycles. The van der Waals surface area contributed by atoms with Crippen molar-refractivity contribution in [3.63, 3.8) is 0 Å². The van der Waals surface area contributed by atoms with Crippen LogP contribution in [-0.4, -0.2) is 27.3 Å². The van der Waals surface area contributed by atoms with Gasteiger partial charge in [0.05, 0.1) is 6.61 Å². The van der Waals surface area contributed by atoms with Crippen molar-refractivity contribution in [3.8, 4) is 5.75 Å². The predicted octanol–water partition coefficient (Wildman–Crippen LogP) is 4.73. The van der Waals surface area contributed by atoms with E-state index in [1.165, 1.54) is 11.8 Å². The molecule has 0 saturated heterocycles. The number of hydrogen-bond acceptors (Lipinski definition) is 5. The summed E-state index contributed by atoms with van der Waals surface area (Å²) in [5.41, 5.74) is 1.75. The third-order valence-electron chi connectivity index (χ3n) is 3.96. The van der Waals surface area contributed by atoms with Crippen LogP contribution < -0.4 is 10.1 Å². The van der Waals surface area contributed by atoms with Gasteiger partial charge in [-0.25, -0.2) is 0 Å². The summed E-state index contributed by atoms with van der Waals surface area (Å²) in [5.74, 6) is 0.756. The van der Waals surface area contributed by atoms with E-state index in [1.807, 2.05) is 54.9 Å². The molecule has 146 valence electrons. The highest BCUT2D eigenvalue weighted by Gasteiger charge is 2.06. The fraction of sp³-hybridized carbons (Fsp3) is 0.250. The van der Waals surface area contributed by atoms with Gasteiger partial charge >= 0.3 is 0 Å². The smallest absolute Gasteiger partial charge is 0.224 e. The molecule has 1 N–H and O–H groups in total. The zero-order chi connectivity index (χ0) is 19.9. The zero-order valence-electron chi connectivity index (χ0n) is 15.7. The topological polar surface area (TPSA) is 69.0 Å². The first-order valence-corrected chi connectivity index (χ1v) is 10.0. The molecule has 3 rings (SSSR count). The van der Waals surface area contributed by atoms with Crippen LogP contribution in [0, 0.1) is 6.92 Å². The maximum absolute atomic E-state index is 12.1. The molecule has 0 aliphatic carbocycles. The number of aryl methyl sites for hydroxylation is 2. The predicted molar refractivity (Wildman–Crippen MR) is 111 cm³/mol. The number of rotatable bonds is 8. The van der Waals surface area contributed by atoms with Gasteiger partial charge in [0, 0.05) is 29.1 Å². The largest absolute Gasteiger partial charge is 0.493 e. The molecule has 28 heavy (non-hydrogen) atoms. The number of hydrogen-bond donors (Lipinski definition) is 1. The minimum absolute atomic E-state index is 0.0369. The second-order valence-electron chi connectivity index (χ2n) is 6.26. The first-order valence-electron chi connectivity index (χ1n) is 8.82. The number of anilines is 1. The standard InChI is InChI=1S/C20H21ClN4O2S/c1-14-12-15(21)5-10-18(14)27-11-3-4-19(26)23-16-6-8-17(9-7-16)28-20-24-22-13-25(20)2/h5-10,12-13H,3-4,11H2,1-2H3,(H,23,26). The van der Waals surface area contributed by atoms with E-state index in [-0.39, 0.29) is 5.91 Å². The van der Waals surface area contributed by atoms with Crippen LogP contribution in [0.5, 0.6) is 5.75 Å². The van der Waals surface area contributed by atoms with Gasteiger partial charge in [0.25, 0.3) is 0 Å². The highest BCUT2D eigenvalue weighted by molar-refractivity contribution is 7.99. The minimum atomic E-state index is -0.0369. The van der Waals surface area contributed by atoms with Crippen molar-refractivity contribution < 1.29 is 9.53 Å². The van der Waals surface area contributed by atoms with Crippen LogP contribution in [0.3, 0.4) is 0 Å². The van der Waals surface area contributed by atoms with E-state index in [0.29, 0.717) is 24.5 Å². The first-order chi connectivity index (χ1) is 13.5. The van der Waals surface area contributed by atoms with Crippen LogP contribution in [0.1, 0.15) is 18.4 Å². The lowest BCUT2D eigenvalue weighted by Gasteiger charge is -2.10. The Hall–Kier alpha value is -2.51. The number of amides is 1. The molecule has 1 amide bonds. The van der Waals surface area contributed by atoms with Crippen molar-refractivity contribution >= 4 is 35.0 Å². The highest BCUT2D eigenvalue weighted by Crippen LogP contribution is 2.26. The molecule has 0 aliphatic rings. The van der Waals surface area contributed by atoms with Gasteiger partial charge in [0.15, 0.2) is 5.16 Å². The maximum Gasteiger partial charge on any atom is 0.224 e. The van der Waals surface area contributed by atoms with E-state index >= 15 is 0 Å². The average Bonchev–Trinajstić information content (AvgIpc) is 3.06. The Bertz CT molecular complexity index is 944. The zero-order valence-corrected chi connectivity index (χ0v) is 17.3. The van der Waals surface area contributed by atoms with Crippen molar-refractivity contribution in [2.24, 2.45) is 7.05 Å². The van der Waals surface area contributed by atoms with Gasteiger partial charge in [-0.15, -0.1) is 10.2 Å². The number of carbonyl (C=O) groups excluding carboxylic acids is 1. The number of ether oxygens (including phenoxy) is 1. The van der Waals surface area contributed by atoms with Crippen LogP contribution >= 0.6 is 23.4 Å². The van der Waals surface area contributed by atoms with Crippen LogP contribution in [0.25, 0.3) is 0 Å². The second kappa shape index (κ2) is 9.61. The lowest BCUT2D eigenvalue weighted by molar-refractivity contribution is -0.116. The number of nitrogens with one attached hydrogen (secondary N) is 1. The first kappa shape index (κ1) is 20.2. The molecule has 0 atom stereocenters. The summed E-state index contributed by atoms with van der Waals surface area (Å²) in [6.45, 7) is 2.42. The molecule has 2 aromatic carbocycles. The SMILES string of the molecule is Cc1cc(Cl)ccc1OCCCC(=O)Nc1ccc(Sc2nncn2C)cc1. The van der Waals surface area contributed by atoms with E-state index in [2.05, 4.69) is 15.5 Å². The molecule has 6 nitrogen and oxygen atoms in total. The number of nitrogens with zero attached hydrogens (tertiary/aromatic N) is 3. The molecule has 8 heteroatoms. The van der Waals surface area contributed by atoms with Gasteiger partial charge < -0.3 is 14.6 Å². The average molecular weight is 417 g/mol. The Labute approximate surface area is 173 Å². The summed E-state index contributed by atoms with van der Waals surface area (Å²) in [5, 5.41) is 12.3. The second-order valence-corrected chi connectivity index (χ2v) is 7.74. The number of aromatic nitrogens is 3. The number of carbonyl (C=O) groups is 1. The van der Waals surface area contributed by atoms with Gasteiger partial charge in [-0.3, -0.25) is 4.79 Å². The molecule has 1 heterocycles. The van der Waals surface area contributed by atoms with Crippen molar-refractivity contribution in [3.05, 3.63) is 59.4 Å². The molecule has 3 aromatic rings. The summed E-state index contributed by atoms with van der Waals surface area (Å²) < 4.78 is 7.57. The van der Waals surface area contributed by atoms with Crippen LogP contribution in [0.15, 0.2) is 58.8 Å². The summed E-state index contributed by atoms with van der Waals surface area (Å²) in [4.78, 5) is 13.1. The highest BCUT2D eigenvalue weighted by atomic mass is 35.5. The molecule has 0 bridgehead atoms. The Morgan fingerprint density at radius 1 is 1.25 bits per heavy atom. The normalized spacial score (nSPS) is 10.7. The molecule has 0 radical (unpaired) electrons. The summed E-state index contributed by atoms with van der Waals surface area (Å²) in [7, 11) is 1.90. The lowest BCUT2D eigenvalue weighted by atomic mass is 10.2. The Morgan fingerprint density at radius 2 is 2.04 bits per heavy atom. The van der Waals surface area contributed by atoms with Crippen molar-refractivity contribution in [1.82, 2.24) is 14.8 Å². The fourth-order valence-corrected chi connectivity index (χ4v) is 3.48. The third kappa shape index (κ3) is 5.74. The lowest BCUT2D eigenvalue weighted by Crippen LogP contribution is -2.12. The summed E-state index contributed by atoms with van der Waals surface area (Å²) in [6.07, 6.45) is 2.69. The van der Waals surface area contributed by atoms with Gasteiger partial charge in [-0.2, -0.15) is 0 Å². The molecular formula is C20H21ClN4O2S. The molecule has 0 spiro atoms. The van der Waals surface area contributed by atoms with Crippen molar-refractivity contribution in [1.29, 1.82) is 0 Å². The molecular weight excluding hydrogens is 396 g/mol. The summed E-state index contributed by atoms with van der Waals surface area (Å²) >= 11 is 7.45. The van der Waals surface area contributed by atoms with E-state index in [1.54, 1.807) is 12.4 Å². The van der Waals surface area contributed by atoms with E-state index < -0.39 is 0 Å². The molecule has 0 unspecified atom stereocenters. The van der Waals surface area contributed by atoms with Crippen molar-refractivity contribution in [2.75, 3.05) is 11.9 Å². The van der Waals surface area contributed by atoms with Gasteiger partial charge in [0.2, 0.25) is 5.91 Å². The van der Waals surface area contributed by atoms with E-state index in [9.17, 15) is 4.79 Å². The maximum atomic E-state index is 12.1. The fourth-order valence-electron chi connectivity index (χ4n) is 2.49. The van der Waals surface area contributed by atoms with Crippen molar-refractivity contribution in [2.45, 2.75) is 29.8 Å². The Morgan fingerprint density at radius 3 is 2.71 bits per heavy atom. The molecule has 1 aromatic heterocycles. The minimum Gasteiger partial charge on any atom is -0.493 e. The van der Waals surface area contributed by atoms with Crippen LogP contribution in [-0.2, 0) is 11.8 Å². The molecule has 0 fully saturated rings. The van der Waals surface area contributed by atoms with E-state index in [4.69, 9.17) is 16.3 Å². The van der Waals surface area contributed by atoms with Gasteiger partial charge in [-0.1, -0.05) is 11.6 Å². The van der Waals surface area contributed by atoms with Gasteiger partial charge in [-0.05, 0) is 73.1 Å². The third-order valence-corrected chi connectivity index (χ3v) is 5.25. The molecule has 0 aliphatic heterocycles. The number of benzene rings is 2. The monoisotopic (exact) mass is 416 g/mol. The number of halogens is 1. The van der Waals surface area contributed by atoms with Crippen LogP contribution in [0.4, 0.5) is 5.69 Å². The van der Waals surface area contributed by atoms with Gasteiger partial charge in [0.1, 0.15) is 12.1 Å². The quantitative estimate of drug-likeness (QED) is 0.538. The summed E-state index contributed by atoms with van der Waals surface area (Å²) in [6, 6.07) is 13.1. The Balaban J connectivity index is 1.41. The van der Waals surface area contributed by atoms with Crippen LogP contribution in [0.2, 0.25) is 5.02 Å². The van der Waals surface area contributed by atoms with E-state index in [0.717, 1.165) is 27.1 Å².